The van der Waals surface area contributed by atoms with Crippen LogP contribution in [-0.2, 0) is 0 Å². The molecule has 1 heterocycles. The van der Waals surface area contributed by atoms with Gasteiger partial charge in [0.1, 0.15) is 5.82 Å². The average molecular weight is 189 g/mol. The fourth-order valence-electron chi connectivity index (χ4n) is 1.18. The van der Waals surface area contributed by atoms with Crippen molar-refractivity contribution in [3.63, 3.8) is 0 Å². The predicted octanol–water partition coefficient (Wildman–Crippen LogP) is 2.00. The Morgan fingerprint density at radius 1 is 1.64 bits per heavy atom. The van der Waals surface area contributed by atoms with Gasteiger partial charge < -0.3 is 5.32 Å². The molecule has 1 rings (SSSR count). The molecule has 1 aromatic heterocycles. The first-order valence-corrected chi connectivity index (χ1v) is 4.75. The Morgan fingerprint density at radius 2 is 2.43 bits per heavy atom. The molecule has 1 N–H and O–H groups in total. The molecule has 3 heteroatoms. The molecule has 0 bridgehead atoms. The average Bonchev–Trinajstić information content (AvgIpc) is 2.17. The summed E-state index contributed by atoms with van der Waals surface area (Å²) in [5.74, 6) is 3.44. The summed E-state index contributed by atoms with van der Waals surface area (Å²) in [5.41, 5.74) is 1.10. The molecule has 0 radical (unpaired) electrons. The largest absolute Gasteiger partial charge is 0.365 e. The molecule has 3 nitrogen and oxygen atoms in total. The van der Waals surface area contributed by atoms with Crippen LogP contribution in [-0.4, -0.2) is 16.2 Å². The van der Waals surface area contributed by atoms with Crippen molar-refractivity contribution in [3.05, 3.63) is 17.8 Å². The maximum atomic E-state index is 5.26. The molecule has 0 saturated heterocycles. The SMILES string of the molecule is C#CCC(CC)Nc1cc(C)cnn1. The van der Waals surface area contributed by atoms with Crippen molar-refractivity contribution in [2.45, 2.75) is 32.7 Å². The van der Waals surface area contributed by atoms with Gasteiger partial charge >= 0.3 is 0 Å². The van der Waals surface area contributed by atoms with E-state index in [1.807, 2.05) is 13.0 Å². The van der Waals surface area contributed by atoms with Gasteiger partial charge in [0.05, 0.1) is 6.20 Å². The van der Waals surface area contributed by atoms with Crippen molar-refractivity contribution in [1.82, 2.24) is 10.2 Å². The standard InChI is InChI=1S/C11H15N3/c1-4-6-10(5-2)13-11-7-9(3)8-12-14-11/h1,7-8,10H,5-6H2,2-3H3,(H,13,14). The lowest BCUT2D eigenvalue weighted by Gasteiger charge is -2.14. The van der Waals surface area contributed by atoms with Gasteiger partial charge in [-0.2, -0.15) is 5.10 Å². The minimum atomic E-state index is 0.288. The summed E-state index contributed by atoms with van der Waals surface area (Å²) < 4.78 is 0. The van der Waals surface area contributed by atoms with Crippen molar-refractivity contribution in [2.24, 2.45) is 0 Å². The highest BCUT2D eigenvalue weighted by Gasteiger charge is 2.04. The van der Waals surface area contributed by atoms with Crippen LogP contribution >= 0.6 is 0 Å². The minimum absolute atomic E-state index is 0.288. The monoisotopic (exact) mass is 189 g/mol. The van der Waals surface area contributed by atoms with Crippen LogP contribution in [0.1, 0.15) is 25.3 Å². The van der Waals surface area contributed by atoms with Gasteiger partial charge in [0.2, 0.25) is 0 Å². The summed E-state index contributed by atoms with van der Waals surface area (Å²) >= 11 is 0. The van der Waals surface area contributed by atoms with E-state index in [1.54, 1.807) is 6.20 Å². The first-order chi connectivity index (χ1) is 6.76. The zero-order chi connectivity index (χ0) is 10.4. The summed E-state index contributed by atoms with van der Waals surface area (Å²) in [4.78, 5) is 0. The highest BCUT2D eigenvalue weighted by molar-refractivity contribution is 5.36. The highest BCUT2D eigenvalue weighted by Crippen LogP contribution is 2.08. The molecule has 0 aliphatic heterocycles. The molecule has 0 aliphatic rings. The summed E-state index contributed by atoms with van der Waals surface area (Å²) in [6.07, 6.45) is 8.69. The number of hydrogen-bond acceptors (Lipinski definition) is 3. The highest BCUT2D eigenvalue weighted by atomic mass is 15.2. The molecular formula is C11H15N3. The van der Waals surface area contributed by atoms with Gasteiger partial charge in [-0.05, 0) is 25.0 Å². The quantitative estimate of drug-likeness (QED) is 0.736. The van der Waals surface area contributed by atoms with Gasteiger partial charge in [0.15, 0.2) is 0 Å². The van der Waals surface area contributed by atoms with E-state index in [9.17, 15) is 0 Å². The number of aromatic nitrogens is 2. The normalized spacial score (nSPS) is 11.8. The molecule has 74 valence electrons. The van der Waals surface area contributed by atoms with Crippen molar-refractivity contribution >= 4 is 5.82 Å². The maximum Gasteiger partial charge on any atom is 0.149 e. The van der Waals surface area contributed by atoms with E-state index in [4.69, 9.17) is 6.42 Å². The molecule has 0 aromatic carbocycles. The van der Waals surface area contributed by atoms with Crippen molar-refractivity contribution in [3.8, 4) is 12.3 Å². The van der Waals surface area contributed by atoms with Crippen LogP contribution in [0.25, 0.3) is 0 Å². The number of rotatable bonds is 4. The number of terminal acetylenes is 1. The van der Waals surface area contributed by atoms with E-state index in [2.05, 4.69) is 28.4 Å². The van der Waals surface area contributed by atoms with Gasteiger partial charge in [-0.25, -0.2) is 0 Å². The summed E-state index contributed by atoms with van der Waals surface area (Å²) in [7, 11) is 0. The lowest BCUT2D eigenvalue weighted by molar-refractivity contribution is 0.708. The van der Waals surface area contributed by atoms with Crippen LogP contribution in [0.3, 0.4) is 0 Å². The Labute approximate surface area is 84.9 Å². The van der Waals surface area contributed by atoms with Gasteiger partial charge in [-0.15, -0.1) is 17.4 Å². The van der Waals surface area contributed by atoms with Crippen LogP contribution in [0.5, 0.6) is 0 Å². The lowest BCUT2D eigenvalue weighted by atomic mass is 10.1. The molecule has 0 saturated carbocycles. The van der Waals surface area contributed by atoms with Gasteiger partial charge in [-0.1, -0.05) is 6.92 Å². The zero-order valence-electron chi connectivity index (χ0n) is 8.62. The topological polar surface area (TPSA) is 37.8 Å². The van der Waals surface area contributed by atoms with E-state index in [0.29, 0.717) is 6.42 Å². The van der Waals surface area contributed by atoms with Crippen LogP contribution in [0.4, 0.5) is 5.82 Å². The molecule has 14 heavy (non-hydrogen) atoms. The fraction of sp³-hybridized carbons (Fsp3) is 0.455. The van der Waals surface area contributed by atoms with Crippen LogP contribution in [0.15, 0.2) is 12.3 Å². The second-order valence-corrected chi connectivity index (χ2v) is 3.28. The van der Waals surface area contributed by atoms with Crippen LogP contribution < -0.4 is 5.32 Å². The Kier molecular flexibility index (Phi) is 3.93. The third-order valence-electron chi connectivity index (χ3n) is 2.00. The number of nitrogens with zero attached hydrogens (tertiary/aromatic N) is 2. The Balaban J connectivity index is 2.63. The van der Waals surface area contributed by atoms with E-state index in [1.165, 1.54) is 0 Å². The molecule has 0 spiro atoms. The molecule has 0 amide bonds. The lowest BCUT2D eigenvalue weighted by Crippen LogP contribution is -2.18. The van der Waals surface area contributed by atoms with Crippen molar-refractivity contribution in [2.75, 3.05) is 5.32 Å². The van der Waals surface area contributed by atoms with Crippen LogP contribution in [0.2, 0.25) is 0 Å². The van der Waals surface area contributed by atoms with Gasteiger partial charge in [-0.3, -0.25) is 0 Å². The number of aryl methyl sites for hydroxylation is 1. The third-order valence-corrected chi connectivity index (χ3v) is 2.00. The molecule has 1 aromatic rings. The van der Waals surface area contributed by atoms with Crippen LogP contribution in [0, 0.1) is 19.3 Å². The van der Waals surface area contributed by atoms with Gasteiger partial charge in [0, 0.05) is 12.5 Å². The molecule has 0 aliphatic carbocycles. The molecule has 1 unspecified atom stereocenters. The minimum Gasteiger partial charge on any atom is -0.365 e. The Morgan fingerprint density at radius 3 is 3.00 bits per heavy atom. The number of hydrogen-bond donors (Lipinski definition) is 1. The molecular weight excluding hydrogens is 174 g/mol. The molecule has 0 fully saturated rings. The summed E-state index contributed by atoms with van der Waals surface area (Å²) in [6, 6.07) is 2.25. The molecule has 1 atom stereocenters. The smallest absolute Gasteiger partial charge is 0.149 e. The number of nitrogens with one attached hydrogen (secondary N) is 1. The summed E-state index contributed by atoms with van der Waals surface area (Å²) in [6.45, 7) is 4.08. The second-order valence-electron chi connectivity index (χ2n) is 3.28. The predicted molar refractivity (Wildman–Crippen MR) is 57.9 cm³/mol. The Hall–Kier alpha value is -1.56. The van der Waals surface area contributed by atoms with Crippen molar-refractivity contribution < 1.29 is 0 Å². The van der Waals surface area contributed by atoms with E-state index in [0.717, 1.165) is 17.8 Å². The maximum absolute atomic E-state index is 5.26. The summed E-state index contributed by atoms with van der Waals surface area (Å²) in [5, 5.41) is 11.1. The Bertz CT molecular complexity index is 328. The zero-order valence-corrected chi connectivity index (χ0v) is 8.62. The second kappa shape index (κ2) is 5.23. The van der Waals surface area contributed by atoms with E-state index in [-0.39, 0.29) is 6.04 Å². The fourth-order valence-corrected chi connectivity index (χ4v) is 1.18. The third kappa shape index (κ3) is 3.06. The van der Waals surface area contributed by atoms with E-state index >= 15 is 0 Å². The first-order valence-electron chi connectivity index (χ1n) is 4.75. The number of anilines is 1. The van der Waals surface area contributed by atoms with E-state index < -0.39 is 0 Å². The van der Waals surface area contributed by atoms with Crippen molar-refractivity contribution in [1.29, 1.82) is 0 Å². The van der Waals surface area contributed by atoms with Gasteiger partial charge in [0.25, 0.3) is 0 Å². The first kappa shape index (κ1) is 10.5.